The third kappa shape index (κ3) is 4.35. The first-order valence-electron chi connectivity index (χ1n) is 7.03. The summed E-state index contributed by atoms with van der Waals surface area (Å²) in [4.78, 5) is 24.1. The lowest BCUT2D eigenvalue weighted by Gasteiger charge is -2.29. The fourth-order valence-corrected chi connectivity index (χ4v) is 3.35. The number of rotatable bonds is 4. The quantitative estimate of drug-likeness (QED) is 0.392. The Morgan fingerprint density at radius 1 is 1.17 bits per heavy atom. The Balaban J connectivity index is 2.45. The van der Waals surface area contributed by atoms with Crippen LogP contribution in [0.15, 0.2) is 26.7 Å². The number of ether oxygens (including phenoxy) is 3. The van der Waals surface area contributed by atoms with Crippen LogP contribution in [0.3, 0.4) is 0 Å². The van der Waals surface area contributed by atoms with Crippen molar-refractivity contribution in [1.29, 1.82) is 0 Å². The molecule has 1 aromatic rings. The molecule has 2 rings (SSSR count). The Bertz CT molecular complexity index is 657. The molecule has 0 saturated carbocycles. The number of cyclic esters (lactones) is 2. The van der Waals surface area contributed by atoms with Gasteiger partial charge in [-0.2, -0.15) is 0 Å². The molecule has 0 amide bonds. The molecule has 1 aliphatic heterocycles. The predicted molar refractivity (Wildman–Crippen MR) is 91.9 cm³/mol. The van der Waals surface area contributed by atoms with Gasteiger partial charge in [-0.25, -0.2) is 9.59 Å². The smallest absolute Gasteiger partial charge is 0.348 e. The van der Waals surface area contributed by atoms with E-state index < -0.39 is 17.7 Å². The number of carbonyl (C=O) groups is 2. The second-order valence-electron chi connectivity index (χ2n) is 5.39. The van der Waals surface area contributed by atoms with E-state index in [9.17, 15) is 9.59 Å². The minimum atomic E-state index is -1.26. The lowest BCUT2D eigenvalue weighted by molar-refractivity contribution is -0.222. The average molecular weight is 448 g/mol. The Hall–Kier alpha value is -1.34. The van der Waals surface area contributed by atoms with Crippen LogP contribution in [0.4, 0.5) is 0 Å². The molecule has 5 nitrogen and oxygen atoms in total. The van der Waals surface area contributed by atoms with E-state index >= 15 is 0 Å². The topological polar surface area (TPSA) is 61.8 Å². The van der Waals surface area contributed by atoms with Crippen molar-refractivity contribution in [2.24, 2.45) is 0 Å². The van der Waals surface area contributed by atoms with E-state index in [2.05, 4.69) is 31.9 Å². The summed E-state index contributed by atoms with van der Waals surface area (Å²) in [7, 11) is 0. The largest absolute Gasteiger partial charge is 0.492 e. The number of hydrogen-bond donors (Lipinski definition) is 0. The second kappa shape index (κ2) is 7.05. The number of halogens is 2. The Labute approximate surface area is 151 Å². The van der Waals surface area contributed by atoms with Gasteiger partial charge in [-0.15, -0.1) is 0 Å². The summed E-state index contributed by atoms with van der Waals surface area (Å²) in [6.07, 6.45) is 2.25. The van der Waals surface area contributed by atoms with Crippen LogP contribution in [-0.2, 0) is 19.1 Å². The molecule has 7 heteroatoms. The second-order valence-corrected chi connectivity index (χ2v) is 7.16. The predicted octanol–water partition coefficient (Wildman–Crippen LogP) is 4.22. The van der Waals surface area contributed by atoms with Crippen LogP contribution < -0.4 is 4.74 Å². The maximum absolute atomic E-state index is 12.1. The van der Waals surface area contributed by atoms with Crippen molar-refractivity contribution in [2.75, 3.05) is 6.61 Å². The summed E-state index contributed by atoms with van der Waals surface area (Å²) < 4.78 is 17.4. The third-order valence-electron chi connectivity index (χ3n) is 2.90. The van der Waals surface area contributed by atoms with Crippen LogP contribution in [0.1, 0.15) is 32.8 Å². The highest BCUT2D eigenvalue weighted by atomic mass is 79.9. The lowest BCUT2D eigenvalue weighted by Crippen LogP contribution is -2.41. The van der Waals surface area contributed by atoms with Gasteiger partial charge in [-0.3, -0.25) is 0 Å². The summed E-state index contributed by atoms with van der Waals surface area (Å²) in [5, 5.41) is 0. The first-order chi connectivity index (χ1) is 10.7. The maximum Gasteiger partial charge on any atom is 0.348 e. The molecule has 1 aliphatic rings. The zero-order valence-electron chi connectivity index (χ0n) is 12.9. The van der Waals surface area contributed by atoms with Crippen LogP contribution >= 0.6 is 31.9 Å². The molecule has 0 aliphatic carbocycles. The first-order valence-corrected chi connectivity index (χ1v) is 8.62. The zero-order chi connectivity index (χ0) is 17.2. The Kier molecular flexibility index (Phi) is 5.52. The number of benzene rings is 1. The Morgan fingerprint density at radius 3 is 2.35 bits per heavy atom. The molecule has 0 aromatic heterocycles. The summed E-state index contributed by atoms with van der Waals surface area (Å²) >= 11 is 6.81. The highest BCUT2D eigenvalue weighted by molar-refractivity contribution is 9.11. The van der Waals surface area contributed by atoms with Crippen molar-refractivity contribution < 1.29 is 23.8 Å². The van der Waals surface area contributed by atoms with Crippen LogP contribution in [0.5, 0.6) is 5.75 Å². The van der Waals surface area contributed by atoms with Crippen molar-refractivity contribution in [3.05, 3.63) is 32.2 Å². The summed E-state index contributed by atoms with van der Waals surface area (Å²) in [5.74, 6) is -2.15. The van der Waals surface area contributed by atoms with E-state index in [0.717, 1.165) is 10.9 Å². The van der Waals surface area contributed by atoms with Crippen LogP contribution in [0, 0.1) is 0 Å². The highest BCUT2D eigenvalue weighted by Gasteiger charge is 2.39. The minimum Gasteiger partial charge on any atom is -0.492 e. The normalized spacial score (nSPS) is 16.7. The van der Waals surface area contributed by atoms with Gasteiger partial charge in [-0.1, -0.05) is 22.9 Å². The van der Waals surface area contributed by atoms with Gasteiger partial charge in [0.05, 0.1) is 11.1 Å². The Morgan fingerprint density at radius 2 is 1.78 bits per heavy atom. The van der Waals surface area contributed by atoms with Gasteiger partial charge >= 0.3 is 11.9 Å². The van der Waals surface area contributed by atoms with E-state index in [-0.39, 0.29) is 5.57 Å². The van der Waals surface area contributed by atoms with Crippen LogP contribution in [0.2, 0.25) is 0 Å². The molecule has 0 N–H and O–H groups in total. The lowest BCUT2D eigenvalue weighted by atomic mass is 10.1. The van der Waals surface area contributed by atoms with Gasteiger partial charge < -0.3 is 14.2 Å². The minimum absolute atomic E-state index is 0.171. The van der Waals surface area contributed by atoms with Gasteiger partial charge in [0.1, 0.15) is 11.3 Å². The molecule has 1 aromatic carbocycles. The van der Waals surface area contributed by atoms with Crippen molar-refractivity contribution in [3.63, 3.8) is 0 Å². The molecule has 1 heterocycles. The van der Waals surface area contributed by atoms with Crippen molar-refractivity contribution >= 4 is 49.9 Å². The first kappa shape index (κ1) is 18.0. The summed E-state index contributed by atoms with van der Waals surface area (Å²) in [6, 6.07) is 3.58. The average Bonchev–Trinajstić information content (AvgIpc) is 2.40. The van der Waals surface area contributed by atoms with Crippen LogP contribution in [0.25, 0.3) is 6.08 Å². The fourth-order valence-electron chi connectivity index (χ4n) is 1.98. The van der Waals surface area contributed by atoms with Gasteiger partial charge in [0.15, 0.2) is 0 Å². The number of hydrogen-bond acceptors (Lipinski definition) is 5. The molecule has 1 fully saturated rings. The van der Waals surface area contributed by atoms with E-state index in [1.54, 1.807) is 6.07 Å². The molecule has 0 atom stereocenters. The molecule has 0 bridgehead atoms. The van der Waals surface area contributed by atoms with Gasteiger partial charge in [-0.05, 0) is 40.6 Å². The number of carbonyl (C=O) groups excluding carboxylic acids is 2. The summed E-state index contributed by atoms with van der Waals surface area (Å²) in [5.41, 5.74) is 0.402. The van der Waals surface area contributed by atoms with Crippen LogP contribution in [-0.4, -0.2) is 24.3 Å². The molecular formula is C16H16Br2O5. The molecular weight excluding hydrogens is 432 g/mol. The monoisotopic (exact) mass is 446 g/mol. The third-order valence-corrected chi connectivity index (χ3v) is 3.95. The fraction of sp³-hybridized carbons (Fsp3) is 0.375. The number of esters is 2. The summed E-state index contributed by atoms with van der Waals surface area (Å²) in [6.45, 7) is 5.51. The SMILES string of the molecule is CCCOc1c(Br)cc(Br)cc1C=C1C(=O)OC(C)(C)OC1=O. The van der Waals surface area contributed by atoms with E-state index in [0.29, 0.717) is 22.4 Å². The maximum atomic E-state index is 12.1. The van der Waals surface area contributed by atoms with Gasteiger partial charge in [0.2, 0.25) is 0 Å². The zero-order valence-corrected chi connectivity index (χ0v) is 16.1. The standard InChI is InChI=1S/C16H16Br2O5/c1-4-5-21-13-9(6-10(17)8-12(13)18)7-11-14(19)22-16(2,3)23-15(11)20/h6-8H,4-5H2,1-3H3. The van der Waals surface area contributed by atoms with E-state index in [1.807, 2.05) is 13.0 Å². The van der Waals surface area contributed by atoms with Gasteiger partial charge in [0.25, 0.3) is 5.79 Å². The molecule has 0 spiro atoms. The molecule has 23 heavy (non-hydrogen) atoms. The highest BCUT2D eigenvalue weighted by Crippen LogP contribution is 2.35. The van der Waals surface area contributed by atoms with Crippen molar-refractivity contribution in [2.45, 2.75) is 33.0 Å². The van der Waals surface area contributed by atoms with E-state index in [1.165, 1.54) is 19.9 Å². The molecule has 1 saturated heterocycles. The van der Waals surface area contributed by atoms with Gasteiger partial charge in [0, 0.05) is 23.9 Å². The molecule has 0 unspecified atom stereocenters. The van der Waals surface area contributed by atoms with Crippen molar-refractivity contribution in [1.82, 2.24) is 0 Å². The molecule has 0 radical (unpaired) electrons. The van der Waals surface area contributed by atoms with Crippen molar-refractivity contribution in [3.8, 4) is 5.75 Å². The van der Waals surface area contributed by atoms with E-state index in [4.69, 9.17) is 14.2 Å². The molecule has 124 valence electrons.